The second-order valence-electron chi connectivity index (χ2n) is 7.80. The molecule has 0 unspecified atom stereocenters. The Labute approximate surface area is 177 Å². The third-order valence-electron chi connectivity index (χ3n) is 6.17. The molecule has 0 aromatic heterocycles. The Morgan fingerprint density at radius 3 is 1.06 bits per heavy atom. The fraction of sp³-hybridized carbons (Fsp3) is 0. The Hall–Kier alpha value is -4.58. The quantitative estimate of drug-likeness (QED) is 0.366. The minimum absolute atomic E-state index is 0.0149. The van der Waals surface area contributed by atoms with Gasteiger partial charge in [0.15, 0.2) is 21.7 Å². The molecule has 0 bridgehead atoms. The lowest BCUT2D eigenvalue weighted by molar-refractivity contribution is 0.482. The molecule has 0 heterocycles. The summed E-state index contributed by atoms with van der Waals surface area (Å²) in [4.78, 5) is 52.3. The van der Waals surface area contributed by atoms with Crippen molar-refractivity contribution in [3.8, 4) is 11.5 Å². The summed E-state index contributed by atoms with van der Waals surface area (Å²) in [5.74, 6) is -1.02. The number of hydrogen-bond acceptors (Lipinski definition) is 6. The van der Waals surface area contributed by atoms with Crippen LogP contribution in [0, 0.1) is 0 Å². The number of phenols is 2. The number of hydrogen-bond donors (Lipinski definition) is 2. The molecule has 0 atom stereocenters. The van der Waals surface area contributed by atoms with Crippen molar-refractivity contribution in [2.24, 2.45) is 0 Å². The number of fused-ring (bicyclic) bond motifs is 5. The second kappa shape index (κ2) is 5.98. The molecule has 6 nitrogen and oxygen atoms in total. The van der Waals surface area contributed by atoms with E-state index in [2.05, 4.69) is 0 Å². The molecule has 0 saturated heterocycles. The van der Waals surface area contributed by atoms with Gasteiger partial charge in [-0.05, 0) is 12.1 Å². The molecule has 0 fully saturated rings. The largest absolute Gasteiger partial charge is 0.506 e. The van der Waals surface area contributed by atoms with Crippen LogP contribution in [0.4, 0.5) is 0 Å². The van der Waals surface area contributed by atoms with Gasteiger partial charge in [0.2, 0.25) is 0 Å². The van der Waals surface area contributed by atoms with E-state index in [0.717, 1.165) is 0 Å². The average molecular weight is 420 g/mol. The van der Waals surface area contributed by atoms with Crippen molar-refractivity contribution < 1.29 is 10.2 Å². The lowest BCUT2D eigenvalue weighted by Gasteiger charge is -2.11. The van der Waals surface area contributed by atoms with Gasteiger partial charge in [-0.3, -0.25) is 19.2 Å². The molecule has 2 N–H and O–H groups in total. The fourth-order valence-corrected chi connectivity index (χ4v) is 4.64. The van der Waals surface area contributed by atoms with Crippen LogP contribution in [0.25, 0.3) is 53.9 Å². The first kappa shape index (κ1) is 18.2. The monoisotopic (exact) mass is 420 g/mol. The molecular weight excluding hydrogens is 408 g/mol. The van der Waals surface area contributed by atoms with Crippen LogP contribution in [0.2, 0.25) is 0 Å². The van der Waals surface area contributed by atoms with Crippen LogP contribution in [0.1, 0.15) is 0 Å². The van der Waals surface area contributed by atoms with Gasteiger partial charge in [-0.2, -0.15) is 0 Å². The molecule has 0 aliphatic rings. The molecule has 0 aliphatic heterocycles. The Balaban J connectivity index is 1.96. The average Bonchev–Trinajstić information content (AvgIpc) is 2.81. The molecule has 32 heavy (non-hydrogen) atoms. The van der Waals surface area contributed by atoms with Gasteiger partial charge < -0.3 is 10.2 Å². The van der Waals surface area contributed by atoms with Gasteiger partial charge in [0.1, 0.15) is 11.5 Å². The number of aromatic hydroxyl groups is 2. The van der Waals surface area contributed by atoms with Gasteiger partial charge in [-0.1, -0.05) is 48.5 Å². The van der Waals surface area contributed by atoms with Crippen LogP contribution in [-0.4, -0.2) is 10.2 Å². The van der Waals surface area contributed by atoms with Crippen LogP contribution < -0.4 is 21.7 Å². The van der Waals surface area contributed by atoms with Gasteiger partial charge in [-0.25, -0.2) is 0 Å². The molecule has 0 aliphatic carbocycles. The summed E-state index contributed by atoms with van der Waals surface area (Å²) < 4.78 is 0. The van der Waals surface area contributed by atoms with E-state index >= 15 is 0 Å². The Morgan fingerprint density at radius 2 is 0.719 bits per heavy atom. The van der Waals surface area contributed by atoms with Crippen molar-refractivity contribution in [3.05, 3.63) is 102 Å². The minimum atomic E-state index is -0.528. The first-order chi connectivity index (χ1) is 15.4. The maximum absolute atomic E-state index is 13.1. The molecule has 6 rings (SSSR count). The van der Waals surface area contributed by atoms with Crippen LogP contribution in [0.15, 0.2) is 79.8 Å². The molecule has 0 spiro atoms. The molecule has 152 valence electrons. The molecule has 6 heteroatoms. The number of benzene rings is 6. The zero-order valence-electron chi connectivity index (χ0n) is 16.3. The normalized spacial score (nSPS) is 11.9. The van der Waals surface area contributed by atoms with E-state index in [4.69, 9.17) is 0 Å². The highest BCUT2D eigenvalue weighted by atomic mass is 16.3. The van der Waals surface area contributed by atoms with Crippen LogP contribution >= 0.6 is 0 Å². The van der Waals surface area contributed by atoms with E-state index < -0.39 is 33.2 Å². The SMILES string of the molecule is O=c1c2ccccc2c(=O)c2c(O)c3cc4c(=O)c5ccccc5c(=O)c4c(O)c3cc12. The lowest BCUT2D eigenvalue weighted by atomic mass is 9.93. The summed E-state index contributed by atoms with van der Waals surface area (Å²) in [7, 11) is 0. The molecule has 0 amide bonds. The maximum atomic E-state index is 13.1. The molecule has 0 saturated carbocycles. The van der Waals surface area contributed by atoms with Crippen molar-refractivity contribution in [1.29, 1.82) is 0 Å². The zero-order valence-corrected chi connectivity index (χ0v) is 16.3. The van der Waals surface area contributed by atoms with Gasteiger partial charge >= 0.3 is 0 Å². The van der Waals surface area contributed by atoms with Gasteiger partial charge in [0.25, 0.3) is 0 Å². The first-order valence-electron chi connectivity index (χ1n) is 9.82. The summed E-state index contributed by atoms with van der Waals surface area (Å²) >= 11 is 0. The van der Waals surface area contributed by atoms with E-state index in [9.17, 15) is 29.4 Å². The highest BCUT2D eigenvalue weighted by molar-refractivity contribution is 6.16. The standard InChI is InChI=1S/C26H12O6/c27-21-11-5-1-3-7-13(11)23(29)19-17(21)9-15-16(25(19)31)10-18-20(26(15)32)24(30)14-8-4-2-6-12(14)22(18)28/h1-10,31-32H. The van der Waals surface area contributed by atoms with Crippen molar-refractivity contribution in [1.82, 2.24) is 0 Å². The van der Waals surface area contributed by atoms with E-state index in [1.165, 1.54) is 36.4 Å². The van der Waals surface area contributed by atoms with Crippen LogP contribution in [0.3, 0.4) is 0 Å². The number of rotatable bonds is 0. The second-order valence-corrected chi connectivity index (χ2v) is 7.80. The van der Waals surface area contributed by atoms with Crippen molar-refractivity contribution in [2.45, 2.75) is 0 Å². The zero-order chi connectivity index (χ0) is 22.3. The fourth-order valence-electron chi connectivity index (χ4n) is 4.64. The smallest absolute Gasteiger partial charge is 0.198 e. The predicted octanol–water partition coefficient (Wildman–Crippen LogP) is 3.18. The molecule has 6 aromatic rings. The highest BCUT2D eigenvalue weighted by Crippen LogP contribution is 2.39. The van der Waals surface area contributed by atoms with E-state index in [1.807, 2.05) is 0 Å². The van der Waals surface area contributed by atoms with Crippen LogP contribution in [-0.2, 0) is 0 Å². The molecular formula is C26H12O6. The summed E-state index contributed by atoms with van der Waals surface area (Å²) in [6.07, 6.45) is 0. The maximum Gasteiger partial charge on any atom is 0.198 e. The molecule has 0 radical (unpaired) electrons. The summed E-state index contributed by atoms with van der Waals surface area (Å²) in [5.41, 5.74) is -2.01. The predicted molar refractivity (Wildman–Crippen MR) is 125 cm³/mol. The van der Waals surface area contributed by atoms with E-state index in [1.54, 1.807) is 24.3 Å². The topological polar surface area (TPSA) is 109 Å². The van der Waals surface area contributed by atoms with Gasteiger partial charge in [0.05, 0.1) is 10.8 Å². The number of phenolic OH excluding ortho intramolecular Hbond substituents is 2. The van der Waals surface area contributed by atoms with E-state index in [0.29, 0.717) is 0 Å². The van der Waals surface area contributed by atoms with Gasteiger partial charge in [0, 0.05) is 43.1 Å². The highest BCUT2D eigenvalue weighted by Gasteiger charge is 2.22. The summed E-state index contributed by atoms with van der Waals surface area (Å²) in [6.45, 7) is 0. The van der Waals surface area contributed by atoms with Crippen molar-refractivity contribution in [3.63, 3.8) is 0 Å². The van der Waals surface area contributed by atoms with E-state index in [-0.39, 0.29) is 53.9 Å². The third kappa shape index (κ3) is 2.08. The first-order valence-corrected chi connectivity index (χ1v) is 9.82. The summed E-state index contributed by atoms with van der Waals surface area (Å²) in [5, 5.41) is 22.3. The summed E-state index contributed by atoms with van der Waals surface area (Å²) in [6, 6.07) is 15.2. The molecule has 6 aromatic carbocycles. The van der Waals surface area contributed by atoms with Crippen molar-refractivity contribution >= 4 is 53.9 Å². The van der Waals surface area contributed by atoms with Crippen LogP contribution in [0.5, 0.6) is 11.5 Å². The third-order valence-corrected chi connectivity index (χ3v) is 6.17. The van der Waals surface area contributed by atoms with Crippen molar-refractivity contribution in [2.75, 3.05) is 0 Å². The minimum Gasteiger partial charge on any atom is -0.506 e. The Kier molecular flexibility index (Phi) is 3.40. The Bertz CT molecular complexity index is 1880. The lowest BCUT2D eigenvalue weighted by Crippen LogP contribution is -2.14. The Morgan fingerprint density at radius 1 is 0.406 bits per heavy atom. The van der Waals surface area contributed by atoms with Gasteiger partial charge in [-0.15, -0.1) is 0 Å².